The molecule has 2 aliphatic heterocycles. The van der Waals surface area contributed by atoms with E-state index in [2.05, 4.69) is 22.2 Å². The number of ether oxygens (including phenoxy) is 2. The summed E-state index contributed by atoms with van der Waals surface area (Å²) in [5.41, 5.74) is 0.282. The number of H-pyrrole nitrogens is 1. The molecule has 0 aliphatic carbocycles. The number of hydrogen-bond donors (Lipinski definition) is 1. The molecule has 4 heterocycles. The summed E-state index contributed by atoms with van der Waals surface area (Å²) in [5, 5.41) is 10.2. The molecule has 0 aromatic carbocycles. The van der Waals surface area contributed by atoms with Crippen molar-refractivity contribution in [1.82, 2.24) is 29.8 Å². The lowest BCUT2D eigenvalue weighted by Gasteiger charge is -2.24. The zero-order valence-electron chi connectivity index (χ0n) is 24.0. The summed E-state index contributed by atoms with van der Waals surface area (Å²) < 4.78 is 12.3. The number of aromatic nitrogens is 4. The van der Waals surface area contributed by atoms with Gasteiger partial charge in [0, 0.05) is 38.6 Å². The molecule has 12 nitrogen and oxygen atoms in total. The lowest BCUT2D eigenvalue weighted by atomic mass is 10.2. The van der Waals surface area contributed by atoms with Gasteiger partial charge in [0.1, 0.15) is 11.2 Å². The summed E-state index contributed by atoms with van der Waals surface area (Å²) in [5.74, 6) is 0.618. The second kappa shape index (κ2) is 13.9. The van der Waals surface area contributed by atoms with Crippen molar-refractivity contribution in [1.29, 1.82) is 0 Å². The molecule has 0 radical (unpaired) electrons. The van der Waals surface area contributed by atoms with Crippen LogP contribution < -0.4 is 0 Å². The molecule has 1 N–H and O–H groups in total. The van der Waals surface area contributed by atoms with Crippen molar-refractivity contribution < 1.29 is 28.7 Å². The molecule has 0 bridgehead atoms. The largest absolute Gasteiger partial charge is 0.444 e. The van der Waals surface area contributed by atoms with Gasteiger partial charge in [-0.3, -0.25) is 19.4 Å². The molecule has 2 aromatic heterocycles. The van der Waals surface area contributed by atoms with Gasteiger partial charge in [0.15, 0.2) is 12.6 Å². The highest BCUT2D eigenvalue weighted by Crippen LogP contribution is 2.23. The number of nitrogens with one attached hydrogen (secondary N) is 1. The van der Waals surface area contributed by atoms with Crippen molar-refractivity contribution >= 4 is 24.8 Å². The average Bonchev–Trinajstić information content (AvgIpc) is 3.64. The summed E-state index contributed by atoms with van der Waals surface area (Å²) >= 11 is 0. The Hall–Kier alpha value is -3.70. The van der Waals surface area contributed by atoms with Crippen molar-refractivity contribution in [2.45, 2.75) is 78.6 Å². The Labute approximate surface area is 230 Å². The van der Waals surface area contributed by atoms with Crippen molar-refractivity contribution in [2.24, 2.45) is 5.92 Å². The second-order valence-electron chi connectivity index (χ2n) is 11.7. The van der Waals surface area contributed by atoms with E-state index in [4.69, 9.17) is 9.47 Å². The van der Waals surface area contributed by atoms with Crippen molar-refractivity contribution in [2.75, 3.05) is 26.2 Å². The van der Waals surface area contributed by atoms with E-state index in [-0.39, 0.29) is 23.8 Å². The maximum Gasteiger partial charge on any atom is 0.410 e. The SMILES string of the molecule is CC(C)(C)OC(=O)N1CC[C@@H](n2cc(C=O)cn2)C1.C[C@H]1CCN(C(=O)OC(C)(C)C)C1.O=Cc1cn[nH]c1. The van der Waals surface area contributed by atoms with Gasteiger partial charge in [0.2, 0.25) is 0 Å². The van der Waals surface area contributed by atoms with Gasteiger partial charge < -0.3 is 19.3 Å². The first kappa shape index (κ1) is 31.5. The van der Waals surface area contributed by atoms with Crippen LogP contribution in [0.25, 0.3) is 0 Å². The smallest absolute Gasteiger partial charge is 0.410 e. The summed E-state index contributed by atoms with van der Waals surface area (Å²) in [6.07, 6.45) is 9.19. The number of aldehydes is 2. The third-order valence-electron chi connectivity index (χ3n) is 5.68. The molecule has 2 saturated heterocycles. The monoisotopic (exact) mass is 546 g/mol. The van der Waals surface area contributed by atoms with Crippen LogP contribution >= 0.6 is 0 Å². The van der Waals surface area contributed by atoms with E-state index >= 15 is 0 Å². The predicted octanol–water partition coefficient (Wildman–Crippen LogP) is 4.36. The molecule has 2 amide bonds. The molecular weight excluding hydrogens is 504 g/mol. The molecule has 0 saturated carbocycles. The van der Waals surface area contributed by atoms with Gasteiger partial charge >= 0.3 is 12.2 Å². The normalized spacial score (nSPS) is 18.8. The van der Waals surface area contributed by atoms with E-state index in [9.17, 15) is 19.2 Å². The Bertz CT molecular complexity index is 1070. The first-order valence-corrected chi connectivity index (χ1v) is 13.1. The van der Waals surface area contributed by atoms with Gasteiger partial charge in [0.25, 0.3) is 0 Å². The number of hydrogen-bond acceptors (Lipinski definition) is 8. The highest BCUT2D eigenvalue weighted by atomic mass is 16.6. The summed E-state index contributed by atoms with van der Waals surface area (Å²) in [6.45, 7) is 16.3. The Morgan fingerprint density at radius 1 is 0.897 bits per heavy atom. The van der Waals surface area contributed by atoms with E-state index in [0.717, 1.165) is 38.5 Å². The maximum absolute atomic E-state index is 11.9. The van der Waals surface area contributed by atoms with Crippen molar-refractivity contribution in [3.8, 4) is 0 Å². The zero-order chi connectivity index (χ0) is 29.2. The first-order chi connectivity index (χ1) is 18.2. The minimum absolute atomic E-state index is 0.112. The third-order valence-corrected chi connectivity index (χ3v) is 5.68. The number of likely N-dealkylation sites (tertiary alicyclic amines) is 2. The lowest BCUT2D eigenvalue weighted by molar-refractivity contribution is 0.0278. The summed E-state index contributed by atoms with van der Waals surface area (Å²) in [7, 11) is 0. The Kier molecular flexibility index (Phi) is 11.2. The van der Waals surface area contributed by atoms with Gasteiger partial charge in [-0.2, -0.15) is 10.2 Å². The fourth-order valence-corrected chi connectivity index (χ4v) is 3.82. The van der Waals surface area contributed by atoms with Crippen molar-refractivity contribution in [3.05, 3.63) is 35.9 Å². The minimum Gasteiger partial charge on any atom is -0.444 e. The van der Waals surface area contributed by atoms with E-state index < -0.39 is 5.60 Å². The molecular formula is C27H42N6O6. The van der Waals surface area contributed by atoms with Crippen LogP contribution in [-0.4, -0.2) is 91.9 Å². The van der Waals surface area contributed by atoms with E-state index in [0.29, 0.717) is 30.1 Å². The van der Waals surface area contributed by atoms with E-state index in [1.54, 1.807) is 20.7 Å². The molecule has 2 fully saturated rings. The van der Waals surface area contributed by atoms with E-state index in [1.807, 2.05) is 41.5 Å². The fourth-order valence-electron chi connectivity index (χ4n) is 3.82. The Morgan fingerprint density at radius 3 is 1.87 bits per heavy atom. The van der Waals surface area contributed by atoms with Crippen molar-refractivity contribution in [3.63, 3.8) is 0 Å². The number of rotatable bonds is 3. The van der Waals surface area contributed by atoms with Crippen LogP contribution in [0.5, 0.6) is 0 Å². The number of carbonyl (C=O) groups excluding carboxylic acids is 4. The second-order valence-corrected chi connectivity index (χ2v) is 11.7. The van der Waals surface area contributed by atoms with Crippen LogP contribution in [0.15, 0.2) is 24.8 Å². The highest BCUT2D eigenvalue weighted by Gasteiger charge is 2.31. The first-order valence-electron chi connectivity index (χ1n) is 13.1. The van der Waals surface area contributed by atoms with Gasteiger partial charge in [-0.15, -0.1) is 0 Å². The molecule has 0 unspecified atom stereocenters. The topological polar surface area (TPSA) is 140 Å². The predicted molar refractivity (Wildman–Crippen MR) is 145 cm³/mol. The fraction of sp³-hybridized carbons (Fsp3) is 0.630. The molecule has 2 atom stereocenters. The Morgan fingerprint density at radius 2 is 1.46 bits per heavy atom. The maximum atomic E-state index is 11.9. The number of carbonyl (C=O) groups is 4. The quantitative estimate of drug-likeness (QED) is 0.560. The van der Waals surface area contributed by atoms with E-state index in [1.165, 1.54) is 18.6 Å². The zero-order valence-corrected chi connectivity index (χ0v) is 24.0. The van der Waals surface area contributed by atoms with Crippen LogP contribution in [0, 0.1) is 5.92 Å². The van der Waals surface area contributed by atoms with Gasteiger partial charge in [-0.1, -0.05) is 6.92 Å². The lowest BCUT2D eigenvalue weighted by Crippen LogP contribution is -2.35. The summed E-state index contributed by atoms with van der Waals surface area (Å²) in [4.78, 5) is 47.3. The third kappa shape index (κ3) is 11.3. The van der Waals surface area contributed by atoms with Crippen LogP contribution in [0.2, 0.25) is 0 Å². The van der Waals surface area contributed by atoms with Crippen LogP contribution in [0.4, 0.5) is 9.59 Å². The number of amides is 2. The molecule has 39 heavy (non-hydrogen) atoms. The molecule has 216 valence electrons. The highest BCUT2D eigenvalue weighted by molar-refractivity contribution is 5.73. The summed E-state index contributed by atoms with van der Waals surface area (Å²) in [6, 6.07) is 0.112. The van der Waals surface area contributed by atoms with Gasteiger partial charge in [0.05, 0.1) is 29.6 Å². The van der Waals surface area contributed by atoms with Crippen LogP contribution in [0.3, 0.4) is 0 Å². The van der Waals surface area contributed by atoms with Gasteiger partial charge in [-0.05, 0) is 60.3 Å². The van der Waals surface area contributed by atoms with Gasteiger partial charge in [-0.25, -0.2) is 9.59 Å². The molecule has 2 aromatic rings. The number of nitrogens with zero attached hydrogens (tertiary/aromatic N) is 5. The Balaban J connectivity index is 0.000000229. The number of aromatic amines is 1. The van der Waals surface area contributed by atoms with Crippen LogP contribution in [0.1, 0.15) is 88.1 Å². The molecule has 12 heteroatoms. The molecule has 4 rings (SSSR count). The van der Waals surface area contributed by atoms with Crippen LogP contribution in [-0.2, 0) is 9.47 Å². The standard InChI is InChI=1S/C13H19N3O3.C10H19NO2.C4H4N2O/c1-13(2,3)19-12(18)15-5-4-11(8-15)16-7-10(9-17)6-14-16;1-8-5-6-11(7-8)9(12)13-10(2,3)4;7-3-4-1-5-6-2-4/h6-7,9,11H,4-5,8H2,1-3H3;8H,5-7H2,1-4H3;1-3H,(H,5,6)/t11-;8-;/m10./s1. The molecule has 0 spiro atoms. The molecule has 2 aliphatic rings. The minimum atomic E-state index is -0.481. The average molecular weight is 547 g/mol.